The van der Waals surface area contributed by atoms with Crippen LogP contribution in [0.5, 0.6) is 0 Å². The number of esters is 1. The number of rotatable bonds is 2. The van der Waals surface area contributed by atoms with Crippen LogP contribution in [-0.4, -0.2) is 39.4 Å². The number of hydrogen-bond donors (Lipinski definition) is 1. The summed E-state index contributed by atoms with van der Waals surface area (Å²) < 4.78 is 9.79. The van der Waals surface area contributed by atoms with Crippen LogP contribution in [-0.2, 0) is 14.3 Å². The Kier molecular flexibility index (Phi) is 3.49. The lowest BCUT2D eigenvalue weighted by Crippen LogP contribution is -2.43. The highest BCUT2D eigenvalue weighted by molar-refractivity contribution is 5.72. The second kappa shape index (κ2) is 4.42. The third-order valence-electron chi connectivity index (χ3n) is 2.18. The van der Waals surface area contributed by atoms with Gasteiger partial charge in [-0.25, -0.2) is 0 Å². The maximum atomic E-state index is 11.1. The molecule has 4 nitrogen and oxygen atoms in total. The van der Waals surface area contributed by atoms with E-state index in [-0.39, 0.29) is 19.4 Å². The normalized spacial score (nSPS) is 29.8. The van der Waals surface area contributed by atoms with Gasteiger partial charge in [-0.15, -0.1) is 0 Å². The van der Waals surface area contributed by atoms with Gasteiger partial charge in [0.05, 0.1) is 19.1 Å². The Morgan fingerprint density at radius 2 is 2.25 bits per heavy atom. The van der Waals surface area contributed by atoms with E-state index in [2.05, 4.69) is 10.1 Å². The van der Waals surface area contributed by atoms with Gasteiger partial charge in [-0.05, 0) is 6.42 Å². The van der Waals surface area contributed by atoms with Crippen LogP contribution in [0.25, 0.3) is 0 Å². The highest BCUT2D eigenvalue weighted by Crippen LogP contribution is 2.13. The smallest absolute Gasteiger partial charge is 0.310 e. The predicted octanol–water partition coefficient (Wildman–Crippen LogP) is 0.0299. The molecule has 1 aliphatic heterocycles. The Morgan fingerprint density at radius 3 is 2.83 bits per heavy atom. The van der Waals surface area contributed by atoms with Gasteiger partial charge in [0.25, 0.3) is 0 Å². The third-order valence-corrected chi connectivity index (χ3v) is 2.18. The number of nitrogens with one attached hydrogen (secondary N) is 1. The van der Waals surface area contributed by atoms with Crippen molar-refractivity contribution in [2.24, 2.45) is 5.92 Å². The van der Waals surface area contributed by atoms with Gasteiger partial charge in [0, 0.05) is 21.6 Å². The highest BCUT2D eigenvalue weighted by atomic mass is 16.5. The van der Waals surface area contributed by atoms with Crippen molar-refractivity contribution < 1.29 is 15.7 Å². The van der Waals surface area contributed by atoms with Crippen molar-refractivity contribution in [3.63, 3.8) is 0 Å². The maximum Gasteiger partial charge on any atom is 0.310 e. The molecule has 1 rings (SSSR count). The minimum absolute atomic E-state index is 0. The van der Waals surface area contributed by atoms with E-state index in [1.807, 2.05) is 0 Å². The second-order valence-corrected chi connectivity index (χ2v) is 2.97. The zero-order chi connectivity index (χ0) is 8.97. The molecule has 72 valence electrons. The number of hydrogen-bond acceptors (Lipinski definition) is 4. The van der Waals surface area contributed by atoms with Crippen LogP contribution in [0.4, 0.5) is 0 Å². The largest absolute Gasteiger partial charge is 0.469 e. The molecule has 4 heteroatoms. The average molecular weight is 175 g/mol. The molecule has 0 bridgehead atoms. The zero-order valence-electron chi connectivity index (χ0n) is 7.50. The van der Waals surface area contributed by atoms with Gasteiger partial charge in [-0.3, -0.25) is 4.79 Å². The molecule has 0 aliphatic carbocycles. The summed E-state index contributed by atoms with van der Waals surface area (Å²) in [5, 5.41) is 3.13. The lowest BCUT2D eigenvalue weighted by atomic mass is 9.98. The molecule has 0 aromatic rings. The summed E-state index contributed by atoms with van der Waals surface area (Å²) in [6.07, 6.45) is 0.902. The molecule has 1 saturated heterocycles. The molecule has 2 unspecified atom stereocenters. The van der Waals surface area contributed by atoms with Crippen molar-refractivity contribution in [2.45, 2.75) is 12.5 Å². The highest BCUT2D eigenvalue weighted by Gasteiger charge is 2.27. The molecule has 1 N–H and O–H groups in total. The number of carbonyl (C=O) groups is 1. The van der Waals surface area contributed by atoms with Crippen LogP contribution in [0.3, 0.4) is 0 Å². The van der Waals surface area contributed by atoms with Crippen molar-refractivity contribution in [3.05, 3.63) is 0 Å². The lowest BCUT2D eigenvalue weighted by molar-refractivity contribution is -0.147. The Labute approximate surface area is 73.7 Å². The van der Waals surface area contributed by atoms with E-state index in [9.17, 15) is 4.79 Å². The molecule has 0 aromatic heterocycles. The summed E-state index contributed by atoms with van der Waals surface area (Å²) in [4.78, 5) is 11.1. The van der Waals surface area contributed by atoms with E-state index >= 15 is 0 Å². The van der Waals surface area contributed by atoms with Gasteiger partial charge >= 0.3 is 5.97 Å². The summed E-state index contributed by atoms with van der Waals surface area (Å²) in [6.45, 7) is 1.52. The van der Waals surface area contributed by atoms with E-state index in [4.69, 9.17) is 4.74 Å². The summed E-state index contributed by atoms with van der Waals surface area (Å²) >= 11 is 0. The first-order chi connectivity index (χ1) is 5.77. The van der Waals surface area contributed by atoms with Gasteiger partial charge in [-0.1, -0.05) is 0 Å². The number of piperidine rings is 1. The van der Waals surface area contributed by atoms with E-state index in [0.717, 1.165) is 13.0 Å². The Balaban J connectivity index is 0.00000144. The minimum atomic E-state index is -0.149. The predicted molar refractivity (Wildman–Crippen MR) is 45.9 cm³/mol. The van der Waals surface area contributed by atoms with Gasteiger partial charge in [0.2, 0.25) is 0 Å². The van der Waals surface area contributed by atoms with Crippen molar-refractivity contribution in [1.29, 1.82) is 0 Å². The number of ether oxygens (including phenoxy) is 2. The molecular formula is C8H17NO3. The molecule has 0 saturated carbocycles. The molecule has 0 amide bonds. The van der Waals surface area contributed by atoms with Gasteiger partial charge in [0.1, 0.15) is 0 Å². The van der Waals surface area contributed by atoms with Crippen molar-refractivity contribution in [1.82, 2.24) is 5.32 Å². The molecule has 0 aromatic carbocycles. The Hall–Kier alpha value is -0.610. The monoisotopic (exact) mass is 175 g/mol. The Bertz CT molecular complexity index is 165. The first kappa shape index (κ1) is 9.48. The van der Waals surface area contributed by atoms with Crippen LogP contribution in [0.1, 0.15) is 7.85 Å². The van der Waals surface area contributed by atoms with Crippen molar-refractivity contribution in [2.75, 3.05) is 27.3 Å². The molecular weight excluding hydrogens is 158 g/mol. The van der Waals surface area contributed by atoms with Crippen LogP contribution in [0, 0.1) is 5.92 Å². The summed E-state index contributed by atoms with van der Waals surface area (Å²) in [5.41, 5.74) is 0. The fourth-order valence-electron chi connectivity index (χ4n) is 1.43. The number of carbonyl (C=O) groups excluding carboxylic acids is 1. The topological polar surface area (TPSA) is 47.6 Å². The van der Waals surface area contributed by atoms with E-state index in [0.29, 0.717) is 6.54 Å². The molecule has 12 heavy (non-hydrogen) atoms. The first-order valence-corrected chi connectivity index (χ1v) is 4.09. The molecule has 1 aliphatic rings. The molecule has 1 fully saturated rings. The van der Waals surface area contributed by atoms with Crippen LogP contribution in [0.2, 0.25) is 0 Å². The van der Waals surface area contributed by atoms with Crippen LogP contribution < -0.4 is 5.32 Å². The van der Waals surface area contributed by atoms with Gasteiger partial charge < -0.3 is 14.8 Å². The molecule has 0 spiro atoms. The maximum absolute atomic E-state index is 11.1. The van der Waals surface area contributed by atoms with Gasteiger partial charge in [0.15, 0.2) is 0 Å². The number of methoxy groups -OCH3 is 2. The quantitative estimate of drug-likeness (QED) is 0.601. The van der Waals surface area contributed by atoms with E-state index in [1.54, 1.807) is 7.11 Å². The van der Waals surface area contributed by atoms with Gasteiger partial charge in [-0.2, -0.15) is 0 Å². The van der Waals surface area contributed by atoms with Crippen molar-refractivity contribution in [3.8, 4) is 0 Å². The van der Waals surface area contributed by atoms with Crippen LogP contribution in [0.15, 0.2) is 0 Å². The second-order valence-electron chi connectivity index (χ2n) is 2.97. The minimum Gasteiger partial charge on any atom is -0.469 e. The fourth-order valence-corrected chi connectivity index (χ4v) is 1.43. The standard InChI is InChI=1S/C8H15NO3.H2/c1-11-7-3-6(4-9-5-7)8(10)12-2;/h6-7,9H,3-5H2,1-2H3;1H. The summed E-state index contributed by atoms with van der Waals surface area (Å²) in [6, 6.07) is 0. The molecule has 1 heterocycles. The van der Waals surface area contributed by atoms with E-state index < -0.39 is 0 Å². The SMILES string of the molecule is COC(=O)C1CNCC(OC)C1.[HH]. The zero-order valence-corrected chi connectivity index (χ0v) is 7.50. The summed E-state index contributed by atoms with van der Waals surface area (Å²) in [5.74, 6) is -0.196. The molecule has 0 radical (unpaired) electrons. The van der Waals surface area contributed by atoms with E-state index in [1.165, 1.54) is 7.11 Å². The third kappa shape index (κ3) is 2.19. The summed E-state index contributed by atoms with van der Waals surface area (Å²) in [7, 11) is 3.07. The molecule has 2 atom stereocenters. The lowest BCUT2D eigenvalue weighted by Gasteiger charge is -2.27. The fraction of sp³-hybridized carbons (Fsp3) is 0.875. The van der Waals surface area contributed by atoms with Crippen molar-refractivity contribution >= 4 is 5.97 Å². The average Bonchev–Trinajstić information content (AvgIpc) is 2.17. The Morgan fingerprint density at radius 1 is 1.50 bits per heavy atom. The first-order valence-electron chi connectivity index (χ1n) is 4.09. The van der Waals surface area contributed by atoms with Crippen LogP contribution >= 0.6 is 0 Å².